The van der Waals surface area contributed by atoms with Gasteiger partial charge in [-0.15, -0.1) is 0 Å². The van der Waals surface area contributed by atoms with Crippen LogP contribution in [-0.2, 0) is 13.2 Å². The van der Waals surface area contributed by atoms with Crippen molar-refractivity contribution in [3.8, 4) is 0 Å². The Morgan fingerprint density at radius 1 is 1.09 bits per heavy atom. The second-order valence-electron chi connectivity index (χ2n) is 5.07. The Morgan fingerprint density at radius 3 is 2.55 bits per heavy atom. The van der Waals surface area contributed by atoms with Gasteiger partial charge >= 0.3 is 0 Å². The first-order chi connectivity index (χ1) is 10.7. The summed E-state index contributed by atoms with van der Waals surface area (Å²) in [5.74, 6) is -0.578. The molecule has 1 aromatic heterocycles. The maximum Gasteiger partial charge on any atom is 0.267 e. The summed E-state index contributed by atoms with van der Waals surface area (Å²) in [7, 11) is 0. The van der Waals surface area contributed by atoms with Gasteiger partial charge in [-0.2, -0.15) is 0 Å². The molecule has 3 aromatic rings. The van der Waals surface area contributed by atoms with Crippen LogP contribution in [0.3, 0.4) is 0 Å². The van der Waals surface area contributed by atoms with Gasteiger partial charge in [0.2, 0.25) is 0 Å². The fourth-order valence-electron chi connectivity index (χ4n) is 2.27. The lowest BCUT2D eigenvalue weighted by Crippen LogP contribution is -2.23. The van der Waals surface area contributed by atoms with Crippen molar-refractivity contribution in [2.24, 2.45) is 0 Å². The van der Waals surface area contributed by atoms with E-state index in [1.807, 2.05) is 24.3 Å². The first kappa shape index (κ1) is 14.3. The standard InChI is InChI=1S/C17H15FN2O2/c18-14-5-6-15-13(7-14)8-16(20-15)17(22)19-9-11-1-3-12(10-21)4-2-11/h1-8,20-21H,9-10H2,(H,19,22). The van der Waals surface area contributed by atoms with Crippen LogP contribution in [0.15, 0.2) is 48.5 Å². The molecule has 1 heterocycles. The molecule has 22 heavy (non-hydrogen) atoms. The molecule has 0 spiro atoms. The molecule has 1 amide bonds. The van der Waals surface area contributed by atoms with E-state index in [9.17, 15) is 9.18 Å². The molecule has 3 N–H and O–H groups in total. The highest BCUT2D eigenvalue weighted by Crippen LogP contribution is 2.16. The highest BCUT2D eigenvalue weighted by atomic mass is 19.1. The molecule has 3 rings (SSSR count). The van der Waals surface area contributed by atoms with Crippen LogP contribution in [0.5, 0.6) is 0 Å². The van der Waals surface area contributed by atoms with Gasteiger partial charge in [0.05, 0.1) is 6.61 Å². The number of aliphatic hydroxyl groups excluding tert-OH is 1. The van der Waals surface area contributed by atoms with Crippen LogP contribution in [-0.4, -0.2) is 16.0 Å². The lowest BCUT2D eigenvalue weighted by Gasteiger charge is -2.04. The van der Waals surface area contributed by atoms with E-state index < -0.39 is 0 Å². The zero-order chi connectivity index (χ0) is 15.5. The van der Waals surface area contributed by atoms with Crippen molar-refractivity contribution in [2.45, 2.75) is 13.2 Å². The molecule has 0 bridgehead atoms. The molecule has 0 aliphatic carbocycles. The number of benzene rings is 2. The van der Waals surface area contributed by atoms with E-state index in [0.29, 0.717) is 17.6 Å². The third-order valence-electron chi connectivity index (χ3n) is 3.49. The van der Waals surface area contributed by atoms with E-state index in [1.54, 1.807) is 12.1 Å². The molecule has 0 saturated carbocycles. The number of aliphatic hydroxyl groups is 1. The summed E-state index contributed by atoms with van der Waals surface area (Å²) in [6, 6.07) is 13.3. The van der Waals surface area contributed by atoms with E-state index in [-0.39, 0.29) is 18.3 Å². The Hall–Kier alpha value is -2.66. The molecule has 0 fully saturated rings. The molecule has 0 radical (unpaired) electrons. The third kappa shape index (κ3) is 2.99. The van der Waals surface area contributed by atoms with Gasteiger partial charge in [-0.1, -0.05) is 24.3 Å². The van der Waals surface area contributed by atoms with Crippen molar-refractivity contribution in [3.05, 3.63) is 71.2 Å². The van der Waals surface area contributed by atoms with Crippen LogP contribution in [0.25, 0.3) is 10.9 Å². The number of aromatic nitrogens is 1. The van der Waals surface area contributed by atoms with Crippen LogP contribution in [0.1, 0.15) is 21.6 Å². The average Bonchev–Trinajstić information content (AvgIpc) is 2.96. The van der Waals surface area contributed by atoms with Crippen LogP contribution >= 0.6 is 0 Å². The number of hydrogen-bond acceptors (Lipinski definition) is 2. The minimum atomic E-state index is -0.331. The Balaban J connectivity index is 1.69. The molecule has 112 valence electrons. The molecule has 0 saturated heterocycles. The Kier molecular flexibility index (Phi) is 3.89. The Bertz CT molecular complexity index is 809. The van der Waals surface area contributed by atoms with Gasteiger partial charge in [-0.3, -0.25) is 4.79 Å². The fraction of sp³-hybridized carbons (Fsp3) is 0.118. The molecule has 0 atom stereocenters. The number of aromatic amines is 1. The van der Waals surface area contributed by atoms with E-state index in [0.717, 1.165) is 16.6 Å². The predicted octanol–water partition coefficient (Wildman–Crippen LogP) is 2.73. The van der Waals surface area contributed by atoms with Crippen molar-refractivity contribution < 1.29 is 14.3 Å². The van der Waals surface area contributed by atoms with Gasteiger partial charge in [-0.05, 0) is 35.4 Å². The second kappa shape index (κ2) is 5.99. The first-order valence-electron chi connectivity index (χ1n) is 6.91. The summed E-state index contributed by atoms with van der Waals surface area (Å²) in [5.41, 5.74) is 2.88. The largest absolute Gasteiger partial charge is 0.392 e. The highest BCUT2D eigenvalue weighted by Gasteiger charge is 2.09. The lowest BCUT2D eigenvalue weighted by atomic mass is 10.1. The second-order valence-corrected chi connectivity index (χ2v) is 5.07. The molecule has 5 heteroatoms. The maximum absolute atomic E-state index is 13.1. The summed E-state index contributed by atoms with van der Waals surface area (Å²) in [5, 5.41) is 12.4. The number of hydrogen-bond donors (Lipinski definition) is 3. The highest BCUT2D eigenvalue weighted by molar-refractivity contribution is 5.97. The number of nitrogens with one attached hydrogen (secondary N) is 2. The van der Waals surface area contributed by atoms with Crippen molar-refractivity contribution in [2.75, 3.05) is 0 Å². The SMILES string of the molecule is O=C(NCc1ccc(CO)cc1)c1cc2cc(F)ccc2[nH]1. The summed E-state index contributed by atoms with van der Waals surface area (Å²) < 4.78 is 13.1. The van der Waals surface area contributed by atoms with E-state index in [2.05, 4.69) is 10.3 Å². The minimum Gasteiger partial charge on any atom is -0.392 e. The number of rotatable bonds is 4. The molecule has 4 nitrogen and oxygen atoms in total. The Morgan fingerprint density at radius 2 is 1.82 bits per heavy atom. The predicted molar refractivity (Wildman–Crippen MR) is 81.8 cm³/mol. The summed E-state index contributed by atoms with van der Waals surface area (Å²) in [6.45, 7) is 0.381. The third-order valence-corrected chi connectivity index (χ3v) is 3.49. The zero-order valence-electron chi connectivity index (χ0n) is 11.8. The first-order valence-corrected chi connectivity index (χ1v) is 6.91. The quantitative estimate of drug-likeness (QED) is 0.693. The van der Waals surface area contributed by atoms with Crippen LogP contribution in [0.4, 0.5) is 4.39 Å². The molecule has 0 aliphatic rings. The molecule has 0 unspecified atom stereocenters. The molecular weight excluding hydrogens is 283 g/mol. The van der Waals surface area contributed by atoms with Crippen LogP contribution in [0, 0.1) is 5.82 Å². The zero-order valence-corrected chi connectivity index (χ0v) is 11.8. The van der Waals surface area contributed by atoms with E-state index >= 15 is 0 Å². The van der Waals surface area contributed by atoms with Crippen molar-refractivity contribution in [1.82, 2.24) is 10.3 Å². The number of H-pyrrole nitrogens is 1. The van der Waals surface area contributed by atoms with E-state index in [4.69, 9.17) is 5.11 Å². The normalized spacial score (nSPS) is 10.8. The number of fused-ring (bicyclic) bond motifs is 1. The van der Waals surface area contributed by atoms with Crippen LogP contribution in [0.2, 0.25) is 0 Å². The van der Waals surface area contributed by atoms with Gasteiger partial charge in [0.15, 0.2) is 0 Å². The topological polar surface area (TPSA) is 65.1 Å². The molecular formula is C17H15FN2O2. The number of amides is 1. The molecule has 0 aliphatic heterocycles. The van der Waals surface area contributed by atoms with Gasteiger partial charge in [0.25, 0.3) is 5.91 Å². The van der Waals surface area contributed by atoms with Crippen LogP contribution < -0.4 is 5.32 Å². The van der Waals surface area contributed by atoms with Crippen molar-refractivity contribution >= 4 is 16.8 Å². The summed E-state index contributed by atoms with van der Waals surface area (Å²) in [6.07, 6.45) is 0. The van der Waals surface area contributed by atoms with Gasteiger partial charge in [0.1, 0.15) is 11.5 Å². The summed E-state index contributed by atoms with van der Waals surface area (Å²) >= 11 is 0. The molecule has 2 aromatic carbocycles. The van der Waals surface area contributed by atoms with E-state index in [1.165, 1.54) is 12.1 Å². The number of carbonyl (C=O) groups excluding carboxylic acids is 1. The Labute approximate surface area is 126 Å². The number of carbonyl (C=O) groups is 1. The summed E-state index contributed by atoms with van der Waals surface area (Å²) in [4.78, 5) is 15.1. The minimum absolute atomic E-state index is 0.00172. The lowest BCUT2D eigenvalue weighted by molar-refractivity contribution is 0.0946. The maximum atomic E-state index is 13.1. The van der Waals surface area contributed by atoms with Gasteiger partial charge in [0, 0.05) is 17.4 Å². The monoisotopic (exact) mass is 298 g/mol. The van der Waals surface area contributed by atoms with Crippen molar-refractivity contribution in [1.29, 1.82) is 0 Å². The fourth-order valence-corrected chi connectivity index (χ4v) is 2.27. The van der Waals surface area contributed by atoms with Gasteiger partial charge < -0.3 is 15.4 Å². The number of halogens is 1. The van der Waals surface area contributed by atoms with Gasteiger partial charge in [-0.25, -0.2) is 4.39 Å². The van der Waals surface area contributed by atoms with Crippen molar-refractivity contribution in [3.63, 3.8) is 0 Å². The smallest absolute Gasteiger partial charge is 0.267 e. The average molecular weight is 298 g/mol.